The van der Waals surface area contributed by atoms with Crippen molar-refractivity contribution in [3.05, 3.63) is 26.0 Å². The lowest BCUT2D eigenvalue weighted by atomic mass is 9.99. The fraction of sp³-hybridized carbons (Fsp3) is 0.250. The first-order valence-corrected chi connectivity index (χ1v) is 3.30. The summed E-state index contributed by atoms with van der Waals surface area (Å²) in [6, 6.07) is -0.722. The summed E-state index contributed by atoms with van der Waals surface area (Å²) < 4.78 is 0. The van der Waals surface area contributed by atoms with Crippen molar-refractivity contribution >= 4 is 0 Å². The van der Waals surface area contributed by atoms with E-state index < -0.39 is 22.6 Å². The minimum Gasteiger partial charge on any atom is -0.504 e. The predicted molar refractivity (Wildman–Crippen MR) is 43.4 cm³/mol. The number of nitrogens with two attached hydrogens (primary N) is 1. The van der Waals surface area contributed by atoms with Crippen LogP contribution in [0.25, 0.3) is 0 Å². The number of aromatic hydroxyl groups is 1. The van der Waals surface area contributed by atoms with E-state index in [1.54, 1.807) is 0 Å². The van der Waals surface area contributed by atoms with Crippen LogP contribution >= 0.6 is 0 Å². The highest BCUT2D eigenvalue weighted by atomic mass is 16.3. The molecule has 1 rings (SSSR count). The molecule has 0 spiro atoms. The highest BCUT2D eigenvalue weighted by molar-refractivity contribution is 5.40. The van der Waals surface area contributed by atoms with Gasteiger partial charge in [0, 0.05) is 12.5 Å². The first-order valence-electron chi connectivity index (χ1n) is 3.30. The van der Waals surface area contributed by atoms with Gasteiger partial charge in [-0.1, -0.05) is 0 Å². The van der Waals surface area contributed by atoms with Gasteiger partial charge in [-0.25, -0.2) is 0 Å². The zero-order valence-corrected chi connectivity index (χ0v) is 6.20. The summed E-state index contributed by atoms with van der Waals surface area (Å²) in [5, 5.41) is 8.90. The van der Waals surface area contributed by atoms with Crippen molar-refractivity contribution in [1.82, 2.24) is 0 Å². The Bertz CT molecular complexity index is 406. The van der Waals surface area contributed by atoms with Gasteiger partial charge in [0.05, 0.1) is 5.56 Å². The molecule has 62 valence electrons. The largest absolute Gasteiger partial charge is 0.504 e. The first kappa shape index (κ1) is 8.50. The van der Waals surface area contributed by atoms with Crippen LogP contribution in [0.3, 0.4) is 0 Å². The summed E-state index contributed by atoms with van der Waals surface area (Å²) in [7, 11) is 0. The number of terminal acetylenes is 1. The lowest BCUT2D eigenvalue weighted by molar-refractivity contribution is 0.446. The molecule has 12 heavy (non-hydrogen) atoms. The molecule has 0 bridgehead atoms. The van der Waals surface area contributed by atoms with Crippen LogP contribution in [-0.2, 0) is 0 Å². The lowest BCUT2D eigenvalue weighted by Crippen LogP contribution is -2.38. The second-order valence-electron chi connectivity index (χ2n) is 2.44. The number of hydrogen-bond donors (Lipinski definition) is 2. The van der Waals surface area contributed by atoms with E-state index in [0.717, 1.165) is 0 Å². The second kappa shape index (κ2) is 2.80. The molecule has 0 amide bonds. The molecule has 0 aliphatic heterocycles. The maximum atomic E-state index is 10.8. The van der Waals surface area contributed by atoms with Crippen molar-refractivity contribution < 1.29 is 5.11 Å². The van der Waals surface area contributed by atoms with Gasteiger partial charge in [-0.15, -0.1) is 12.3 Å². The molecule has 1 atom stereocenters. The minimum absolute atomic E-state index is 0.0436. The van der Waals surface area contributed by atoms with Crippen molar-refractivity contribution in [2.24, 2.45) is 5.73 Å². The number of rotatable bonds is 2. The highest BCUT2D eigenvalue weighted by Gasteiger charge is 2.24. The van der Waals surface area contributed by atoms with Crippen molar-refractivity contribution in [3.8, 4) is 18.1 Å². The summed E-state index contributed by atoms with van der Waals surface area (Å²) in [4.78, 5) is 21.3. The highest BCUT2D eigenvalue weighted by Crippen LogP contribution is 2.18. The summed E-state index contributed by atoms with van der Waals surface area (Å²) in [6.45, 7) is 0. The quantitative estimate of drug-likeness (QED) is 0.435. The standard InChI is InChI=1S/C8H7NO3/c1-2-3-4(9)5-6(10)8(12)7(5)11/h1,4,10H,3,9H2/t4-/m0/s1. The average molecular weight is 165 g/mol. The first-order chi connectivity index (χ1) is 5.59. The Morgan fingerprint density at radius 3 is 2.50 bits per heavy atom. The van der Waals surface area contributed by atoms with Gasteiger partial charge in [0.2, 0.25) is 5.43 Å². The molecule has 4 nitrogen and oxygen atoms in total. The van der Waals surface area contributed by atoms with Gasteiger partial charge >= 0.3 is 0 Å². The van der Waals surface area contributed by atoms with Crippen LogP contribution in [-0.4, -0.2) is 5.11 Å². The monoisotopic (exact) mass is 165 g/mol. The summed E-state index contributed by atoms with van der Waals surface area (Å²) in [5.74, 6) is 1.70. The molecule has 0 aromatic heterocycles. The van der Waals surface area contributed by atoms with Crippen LogP contribution in [0.2, 0.25) is 0 Å². The SMILES string of the molecule is C#CC[C@H](N)c1c(O)c(=O)c1=O. The molecule has 0 heterocycles. The zero-order chi connectivity index (χ0) is 9.30. The number of hydrogen-bond acceptors (Lipinski definition) is 4. The van der Waals surface area contributed by atoms with E-state index in [9.17, 15) is 9.59 Å². The Hall–Kier alpha value is -1.60. The van der Waals surface area contributed by atoms with Crippen LogP contribution in [0.15, 0.2) is 9.59 Å². The van der Waals surface area contributed by atoms with Gasteiger partial charge in [-0.05, 0) is 0 Å². The summed E-state index contributed by atoms with van der Waals surface area (Å²) in [6.07, 6.45) is 5.08. The smallest absolute Gasteiger partial charge is 0.268 e. The van der Waals surface area contributed by atoms with Crippen LogP contribution in [0, 0.1) is 12.3 Å². The third-order valence-electron chi connectivity index (χ3n) is 1.63. The predicted octanol–water partition coefficient (Wildman–Crippen LogP) is -0.989. The van der Waals surface area contributed by atoms with E-state index in [1.165, 1.54) is 0 Å². The minimum atomic E-state index is -0.877. The zero-order valence-electron chi connectivity index (χ0n) is 6.20. The van der Waals surface area contributed by atoms with E-state index in [1.807, 2.05) is 0 Å². The summed E-state index contributed by atoms with van der Waals surface area (Å²) in [5.41, 5.74) is 3.75. The Morgan fingerprint density at radius 1 is 1.50 bits per heavy atom. The summed E-state index contributed by atoms with van der Waals surface area (Å²) >= 11 is 0. The van der Waals surface area contributed by atoms with Crippen molar-refractivity contribution in [2.75, 3.05) is 0 Å². The van der Waals surface area contributed by atoms with E-state index >= 15 is 0 Å². The van der Waals surface area contributed by atoms with Gasteiger partial charge in [-0.3, -0.25) is 9.59 Å². The fourth-order valence-electron chi connectivity index (χ4n) is 0.970. The third kappa shape index (κ3) is 1.00. The van der Waals surface area contributed by atoms with Gasteiger partial charge in [0.15, 0.2) is 5.75 Å². The van der Waals surface area contributed by atoms with E-state index in [0.29, 0.717) is 0 Å². The van der Waals surface area contributed by atoms with Crippen molar-refractivity contribution in [1.29, 1.82) is 0 Å². The molecule has 0 radical (unpaired) electrons. The maximum absolute atomic E-state index is 10.8. The van der Waals surface area contributed by atoms with Crippen LogP contribution in [0.5, 0.6) is 5.75 Å². The fourth-order valence-corrected chi connectivity index (χ4v) is 0.970. The van der Waals surface area contributed by atoms with Gasteiger partial charge < -0.3 is 10.8 Å². The Morgan fingerprint density at radius 2 is 2.08 bits per heavy atom. The van der Waals surface area contributed by atoms with Gasteiger partial charge in [0.25, 0.3) is 5.43 Å². The van der Waals surface area contributed by atoms with Crippen molar-refractivity contribution in [3.63, 3.8) is 0 Å². The molecule has 0 aliphatic carbocycles. The third-order valence-corrected chi connectivity index (χ3v) is 1.63. The van der Waals surface area contributed by atoms with Crippen LogP contribution in [0.4, 0.5) is 0 Å². The topological polar surface area (TPSA) is 80.4 Å². The Labute approximate surface area is 68.3 Å². The Balaban J connectivity index is 3.01. The van der Waals surface area contributed by atoms with Crippen LogP contribution < -0.4 is 16.6 Å². The molecule has 1 aromatic rings. The lowest BCUT2D eigenvalue weighted by Gasteiger charge is -2.10. The molecule has 0 saturated heterocycles. The molecule has 0 unspecified atom stereocenters. The second-order valence-corrected chi connectivity index (χ2v) is 2.44. The van der Waals surface area contributed by atoms with Gasteiger partial charge in [-0.2, -0.15) is 0 Å². The van der Waals surface area contributed by atoms with Crippen molar-refractivity contribution in [2.45, 2.75) is 12.5 Å². The van der Waals surface area contributed by atoms with Gasteiger partial charge in [0.1, 0.15) is 0 Å². The molecule has 0 saturated carbocycles. The maximum Gasteiger partial charge on any atom is 0.268 e. The molecule has 4 heteroatoms. The molecule has 0 aliphatic rings. The molecular formula is C8H7NO3. The Kier molecular flexibility index (Phi) is 1.98. The van der Waals surface area contributed by atoms with E-state index in [2.05, 4.69) is 5.92 Å². The molecule has 0 fully saturated rings. The normalized spacial score (nSPS) is 12.7. The molecule has 1 aromatic carbocycles. The molecular weight excluding hydrogens is 158 g/mol. The van der Waals surface area contributed by atoms with Crippen LogP contribution in [0.1, 0.15) is 18.0 Å². The average Bonchev–Trinajstić information content (AvgIpc) is 2.05. The molecule has 3 N–H and O–H groups in total. The van der Waals surface area contributed by atoms with E-state index in [4.69, 9.17) is 17.3 Å². The van der Waals surface area contributed by atoms with E-state index in [-0.39, 0.29) is 12.0 Å².